The van der Waals surface area contributed by atoms with Crippen LogP contribution in [0.1, 0.15) is 61.9 Å². The summed E-state index contributed by atoms with van der Waals surface area (Å²) in [5.41, 5.74) is 0.437. The van der Waals surface area contributed by atoms with Crippen LogP contribution in [0, 0.1) is 11.2 Å². The highest BCUT2D eigenvalue weighted by Crippen LogP contribution is 2.52. The van der Waals surface area contributed by atoms with Crippen molar-refractivity contribution in [2.45, 2.75) is 63.6 Å². The van der Waals surface area contributed by atoms with E-state index in [1.165, 1.54) is 12.1 Å². The molecule has 3 aliphatic rings. The number of piperidine rings is 1. The Morgan fingerprint density at radius 2 is 1.84 bits per heavy atom. The molecule has 38 heavy (non-hydrogen) atoms. The monoisotopic (exact) mass is 562 g/mol. The topological polar surface area (TPSA) is 67.9 Å². The van der Waals surface area contributed by atoms with Gasteiger partial charge in [0, 0.05) is 25.7 Å². The van der Waals surface area contributed by atoms with Gasteiger partial charge in [-0.1, -0.05) is 29.3 Å². The number of nitrogens with zero attached hydrogens (tertiary/aromatic N) is 1. The fourth-order valence-corrected chi connectivity index (χ4v) is 6.03. The number of ether oxygens (including phenoxy) is 2. The molecule has 0 bridgehead atoms. The summed E-state index contributed by atoms with van der Waals surface area (Å²) in [6, 6.07) is 9.77. The standard InChI is InChI=1S/C29H33Cl2FN2O4/c1-18(2)38-20-4-5-22(25(32)14-20)26(35)33-16-21-15-28(17-37-21)9-11-34(12-10-28)27(36)29(7-8-29)19-3-6-23(30)24(31)13-19/h3-6,13-14,18,21H,7-12,15-17H2,1-2H3,(H,33,35). The van der Waals surface area contributed by atoms with Crippen LogP contribution in [-0.2, 0) is 14.9 Å². The Hall–Kier alpha value is -2.35. The second-order valence-electron chi connectivity index (χ2n) is 11.2. The number of hydrogen-bond donors (Lipinski definition) is 1. The van der Waals surface area contributed by atoms with Crippen molar-refractivity contribution in [2.24, 2.45) is 5.41 Å². The Balaban J connectivity index is 1.12. The fraction of sp³-hybridized carbons (Fsp3) is 0.517. The summed E-state index contributed by atoms with van der Waals surface area (Å²) in [5, 5.41) is 3.78. The van der Waals surface area contributed by atoms with Gasteiger partial charge in [-0.05, 0) is 81.2 Å². The van der Waals surface area contributed by atoms with E-state index in [2.05, 4.69) is 5.32 Å². The Morgan fingerprint density at radius 1 is 1.11 bits per heavy atom. The molecule has 1 spiro atoms. The van der Waals surface area contributed by atoms with Gasteiger partial charge in [0.2, 0.25) is 5.91 Å². The molecule has 3 fully saturated rings. The summed E-state index contributed by atoms with van der Waals surface area (Å²) in [6.07, 6.45) is 3.94. The third-order valence-corrected chi connectivity index (χ3v) is 8.82. The van der Waals surface area contributed by atoms with Gasteiger partial charge in [-0.15, -0.1) is 0 Å². The molecule has 9 heteroatoms. The number of nitrogens with one attached hydrogen (secondary N) is 1. The van der Waals surface area contributed by atoms with Crippen LogP contribution in [0.5, 0.6) is 5.75 Å². The van der Waals surface area contributed by atoms with E-state index in [0.29, 0.717) is 42.0 Å². The minimum atomic E-state index is -0.615. The zero-order valence-corrected chi connectivity index (χ0v) is 23.2. The average Bonchev–Trinajstić information content (AvgIpc) is 3.60. The summed E-state index contributed by atoms with van der Waals surface area (Å²) in [6.45, 7) is 5.99. The summed E-state index contributed by atoms with van der Waals surface area (Å²) in [7, 11) is 0. The molecule has 0 radical (unpaired) electrons. The lowest BCUT2D eigenvalue weighted by Crippen LogP contribution is -2.47. The first kappa shape index (κ1) is 27.2. The molecule has 204 valence electrons. The molecule has 2 aromatic carbocycles. The van der Waals surface area contributed by atoms with E-state index in [4.69, 9.17) is 32.7 Å². The summed E-state index contributed by atoms with van der Waals surface area (Å²) in [4.78, 5) is 28.1. The number of amides is 2. The number of halogens is 3. The first-order valence-corrected chi connectivity index (χ1v) is 14.0. The van der Waals surface area contributed by atoms with Crippen LogP contribution < -0.4 is 10.1 Å². The van der Waals surface area contributed by atoms with Gasteiger partial charge in [0.1, 0.15) is 11.6 Å². The molecule has 2 heterocycles. The number of rotatable bonds is 7. The lowest BCUT2D eigenvalue weighted by atomic mass is 9.76. The highest BCUT2D eigenvalue weighted by molar-refractivity contribution is 6.42. The van der Waals surface area contributed by atoms with Crippen molar-refractivity contribution < 1.29 is 23.5 Å². The van der Waals surface area contributed by atoms with Crippen molar-refractivity contribution in [3.8, 4) is 5.75 Å². The highest BCUT2D eigenvalue weighted by atomic mass is 35.5. The molecular weight excluding hydrogens is 530 g/mol. The molecule has 1 aliphatic carbocycles. The van der Waals surface area contributed by atoms with Gasteiger partial charge in [0.15, 0.2) is 0 Å². The molecule has 5 rings (SSSR count). The maximum absolute atomic E-state index is 14.5. The first-order chi connectivity index (χ1) is 18.1. The predicted molar refractivity (Wildman–Crippen MR) is 144 cm³/mol. The maximum Gasteiger partial charge on any atom is 0.254 e. The number of carbonyl (C=O) groups is 2. The summed E-state index contributed by atoms with van der Waals surface area (Å²) < 4.78 is 26.0. The van der Waals surface area contributed by atoms with Crippen LogP contribution >= 0.6 is 23.2 Å². The molecule has 2 saturated heterocycles. The van der Waals surface area contributed by atoms with Crippen molar-refractivity contribution >= 4 is 35.0 Å². The summed E-state index contributed by atoms with van der Waals surface area (Å²) >= 11 is 12.3. The average molecular weight is 563 g/mol. The van der Waals surface area contributed by atoms with Gasteiger partial charge in [-0.3, -0.25) is 9.59 Å². The number of benzene rings is 2. The number of carbonyl (C=O) groups excluding carboxylic acids is 2. The van der Waals surface area contributed by atoms with Crippen LogP contribution in [0.25, 0.3) is 0 Å². The SMILES string of the molecule is CC(C)Oc1ccc(C(=O)NCC2CC3(CCN(C(=O)C4(c5ccc(Cl)c(Cl)c5)CC4)CC3)CO2)c(F)c1. The van der Waals surface area contributed by atoms with Crippen molar-refractivity contribution in [3.63, 3.8) is 0 Å². The molecule has 1 unspecified atom stereocenters. The molecule has 2 aromatic rings. The van der Waals surface area contributed by atoms with Crippen molar-refractivity contribution in [3.05, 3.63) is 63.4 Å². The second-order valence-corrected chi connectivity index (χ2v) is 12.0. The normalized spacial score (nSPS) is 21.5. The highest BCUT2D eigenvalue weighted by Gasteiger charge is 2.54. The minimum absolute atomic E-state index is 0.00640. The molecule has 1 N–H and O–H groups in total. The summed E-state index contributed by atoms with van der Waals surface area (Å²) in [5.74, 6) is -0.527. The zero-order valence-electron chi connectivity index (χ0n) is 21.7. The lowest BCUT2D eigenvalue weighted by molar-refractivity contribution is -0.136. The van der Waals surface area contributed by atoms with Gasteiger partial charge in [0.25, 0.3) is 5.91 Å². The molecule has 1 atom stereocenters. The molecule has 2 amide bonds. The number of likely N-dealkylation sites (tertiary alicyclic amines) is 1. The third kappa shape index (κ3) is 5.51. The van der Waals surface area contributed by atoms with Gasteiger partial charge >= 0.3 is 0 Å². The van der Waals surface area contributed by atoms with Gasteiger partial charge in [-0.2, -0.15) is 0 Å². The number of hydrogen-bond acceptors (Lipinski definition) is 4. The first-order valence-electron chi connectivity index (χ1n) is 13.2. The van der Waals surface area contributed by atoms with E-state index >= 15 is 0 Å². The van der Waals surface area contributed by atoms with Crippen LogP contribution in [0.2, 0.25) is 10.0 Å². The lowest BCUT2D eigenvalue weighted by Gasteiger charge is -2.40. The fourth-order valence-electron chi connectivity index (χ4n) is 5.73. The second kappa shape index (κ2) is 10.7. The van der Waals surface area contributed by atoms with Crippen LogP contribution in [-0.4, -0.2) is 55.2 Å². The van der Waals surface area contributed by atoms with Gasteiger partial charge in [-0.25, -0.2) is 4.39 Å². The van der Waals surface area contributed by atoms with E-state index in [9.17, 15) is 14.0 Å². The largest absolute Gasteiger partial charge is 0.491 e. The zero-order chi connectivity index (χ0) is 27.1. The Bertz CT molecular complexity index is 1230. The van der Waals surface area contributed by atoms with Gasteiger partial charge < -0.3 is 19.7 Å². The minimum Gasteiger partial charge on any atom is -0.491 e. The van der Waals surface area contributed by atoms with Crippen molar-refractivity contribution in [2.75, 3.05) is 26.2 Å². The van der Waals surface area contributed by atoms with E-state index in [1.807, 2.05) is 30.9 Å². The van der Waals surface area contributed by atoms with E-state index < -0.39 is 17.1 Å². The predicted octanol–water partition coefficient (Wildman–Crippen LogP) is 5.78. The molecular formula is C29H33Cl2FN2O4. The van der Waals surface area contributed by atoms with Gasteiger partial charge in [0.05, 0.1) is 39.8 Å². The molecule has 6 nitrogen and oxygen atoms in total. The maximum atomic E-state index is 14.5. The quantitative estimate of drug-likeness (QED) is 0.464. The van der Waals surface area contributed by atoms with Crippen LogP contribution in [0.15, 0.2) is 36.4 Å². The Morgan fingerprint density at radius 3 is 2.47 bits per heavy atom. The molecule has 0 aromatic heterocycles. The van der Waals surface area contributed by atoms with E-state index in [-0.39, 0.29) is 29.1 Å². The molecule has 2 aliphatic heterocycles. The van der Waals surface area contributed by atoms with Crippen molar-refractivity contribution in [1.82, 2.24) is 10.2 Å². The van der Waals surface area contributed by atoms with E-state index in [0.717, 1.165) is 37.7 Å². The molecule has 1 saturated carbocycles. The Kier molecular flexibility index (Phi) is 7.64. The third-order valence-electron chi connectivity index (χ3n) is 8.08. The van der Waals surface area contributed by atoms with Crippen LogP contribution in [0.4, 0.5) is 4.39 Å². The van der Waals surface area contributed by atoms with Crippen LogP contribution in [0.3, 0.4) is 0 Å². The smallest absolute Gasteiger partial charge is 0.254 e. The Labute approximate surface area is 232 Å². The van der Waals surface area contributed by atoms with Crippen molar-refractivity contribution in [1.29, 1.82) is 0 Å². The van der Waals surface area contributed by atoms with E-state index in [1.54, 1.807) is 12.1 Å².